The first kappa shape index (κ1) is 16.2. The van der Waals surface area contributed by atoms with Gasteiger partial charge in [-0.25, -0.2) is 0 Å². The molecule has 0 saturated heterocycles. The smallest absolute Gasteiger partial charge is 0.375 e. The predicted molar refractivity (Wildman–Crippen MR) is 65.5 cm³/mol. The molecule has 0 spiro atoms. The Hall–Kier alpha value is -0.893. The highest BCUT2D eigenvalue weighted by atomic mass is 28.3. The topological polar surface area (TPSA) is 27.7 Å². The van der Waals surface area contributed by atoms with Gasteiger partial charge in [0.2, 0.25) is 0 Å². The van der Waals surface area contributed by atoms with Gasteiger partial charge in [-0.05, 0) is 25.0 Å². The molecule has 0 fully saturated rings. The van der Waals surface area contributed by atoms with Gasteiger partial charge >= 0.3 is 15.7 Å². The summed E-state index contributed by atoms with van der Waals surface area (Å²) in [5, 5.41) is 0. The number of hydrogen-bond acceptors (Lipinski definition) is 3. The van der Waals surface area contributed by atoms with Crippen LogP contribution in [-0.2, 0) is 25.9 Å². The molecule has 0 N–H and O–H groups in total. The Morgan fingerprint density at radius 2 is 1.84 bits per heavy atom. The summed E-state index contributed by atoms with van der Waals surface area (Å²) in [5.74, 6) is 0. The lowest BCUT2D eigenvalue weighted by molar-refractivity contribution is -0.137. The molecule has 0 amide bonds. The standard InChI is InChI=1S/C12H16F3O3Si/c1-9(18-19(16-2)17-3)7-10-5-4-6-11(8-10)12(13,14)15/h4-6,8-9H,7H2,1-3H3. The van der Waals surface area contributed by atoms with Gasteiger partial charge in [-0.1, -0.05) is 18.2 Å². The van der Waals surface area contributed by atoms with Crippen LogP contribution in [0.25, 0.3) is 0 Å². The summed E-state index contributed by atoms with van der Waals surface area (Å²) in [5.41, 5.74) is -0.0860. The Labute approximate surface area is 112 Å². The average Bonchev–Trinajstić information content (AvgIpc) is 2.35. The molecule has 0 aliphatic heterocycles. The van der Waals surface area contributed by atoms with E-state index in [1.807, 2.05) is 0 Å². The van der Waals surface area contributed by atoms with Gasteiger partial charge in [0.1, 0.15) is 0 Å². The first-order valence-corrected chi connectivity index (χ1v) is 6.87. The summed E-state index contributed by atoms with van der Waals surface area (Å²) in [6.07, 6.45) is -4.24. The van der Waals surface area contributed by atoms with Crippen molar-refractivity contribution in [3.8, 4) is 0 Å². The van der Waals surface area contributed by atoms with Crippen molar-refractivity contribution < 1.29 is 26.4 Å². The number of alkyl halides is 3. The molecule has 107 valence electrons. The molecule has 0 saturated carbocycles. The molecule has 0 aliphatic carbocycles. The fourth-order valence-corrected chi connectivity index (χ4v) is 2.36. The van der Waals surface area contributed by atoms with E-state index in [9.17, 15) is 13.2 Å². The maximum Gasteiger partial charge on any atom is 0.577 e. The quantitative estimate of drug-likeness (QED) is 0.755. The SMILES string of the molecule is CO[Si](OC)OC(C)Cc1cccc(C(F)(F)F)c1. The lowest BCUT2D eigenvalue weighted by atomic mass is 10.1. The van der Waals surface area contributed by atoms with E-state index in [-0.39, 0.29) is 6.10 Å². The summed E-state index contributed by atoms with van der Waals surface area (Å²) in [6.45, 7) is 1.77. The van der Waals surface area contributed by atoms with Gasteiger partial charge < -0.3 is 13.3 Å². The summed E-state index contributed by atoms with van der Waals surface area (Å²) < 4.78 is 53.1. The zero-order valence-corrected chi connectivity index (χ0v) is 12.0. The highest BCUT2D eigenvalue weighted by Gasteiger charge is 2.30. The molecule has 0 aliphatic rings. The summed E-state index contributed by atoms with van der Waals surface area (Å²) in [4.78, 5) is 0. The summed E-state index contributed by atoms with van der Waals surface area (Å²) in [6, 6.07) is 5.21. The van der Waals surface area contributed by atoms with Gasteiger partial charge in [-0.2, -0.15) is 13.2 Å². The molecule has 19 heavy (non-hydrogen) atoms. The fraction of sp³-hybridized carbons (Fsp3) is 0.500. The molecule has 1 atom stereocenters. The molecule has 0 heterocycles. The van der Waals surface area contributed by atoms with Crippen molar-refractivity contribution >= 4 is 9.53 Å². The van der Waals surface area contributed by atoms with Crippen LogP contribution in [0.3, 0.4) is 0 Å². The lowest BCUT2D eigenvalue weighted by Gasteiger charge is -2.17. The van der Waals surface area contributed by atoms with E-state index in [0.29, 0.717) is 12.0 Å². The Morgan fingerprint density at radius 3 is 2.37 bits per heavy atom. The Morgan fingerprint density at radius 1 is 1.21 bits per heavy atom. The van der Waals surface area contributed by atoms with Gasteiger partial charge in [0.05, 0.1) is 11.7 Å². The zero-order valence-electron chi connectivity index (χ0n) is 11.0. The summed E-state index contributed by atoms with van der Waals surface area (Å²) >= 11 is 0. The van der Waals surface area contributed by atoms with Crippen LogP contribution in [0.15, 0.2) is 24.3 Å². The molecule has 1 aromatic rings. The van der Waals surface area contributed by atoms with E-state index >= 15 is 0 Å². The van der Waals surface area contributed by atoms with Gasteiger partial charge in [-0.3, -0.25) is 0 Å². The lowest BCUT2D eigenvalue weighted by Crippen LogP contribution is -2.29. The fourth-order valence-electron chi connectivity index (χ4n) is 1.59. The highest BCUT2D eigenvalue weighted by molar-refractivity contribution is 6.36. The molecule has 1 radical (unpaired) electrons. The largest absolute Gasteiger partial charge is 0.577 e. The highest BCUT2D eigenvalue weighted by Crippen LogP contribution is 2.29. The van der Waals surface area contributed by atoms with Crippen molar-refractivity contribution in [2.24, 2.45) is 0 Å². The van der Waals surface area contributed by atoms with Gasteiger partial charge in [0.15, 0.2) is 0 Å². The predicted octanol–water partition coefficient (Wildman–Crippen LogP) is 2.93. The van der Waals surface area contributed by atoms with E-state index in [1.54, 1.807) is 13.0 Å². The Bertz CT molecular complexity index is 394. The molecule has 1 unspecified atom stereocenters. The van der Waals surface area contributed by atoms with Crippen LogP contribution in [0, 0.1) is 0 Å². The minimum atomic E-state index is -4.33. The van der Waals surface area contributed by atoms with Gasteiger partial charge in [-0.15, -0.1) is 0 Å². The van der Waals surface area contributed by atoms with Crippen LogP contribution in [0.2, 0.25) is 0 Å². The molecule has 0 aromatic heterocycles. The van der Waals surface area contributed by atoms with Gasteiger partial charge in [0.25, 0.3) is 0 Å². The van der Waals surface area contributed by atoms with Gasteiger partial charge in [0, 0.05) is 14.2 Å². The van der Waals surface area contributed by atoms with Crippen LogP contribution in [0.5, 0.6) is 0 Å². The first-order valence-electron chi connectivity index (χ1n) is 5.64. The maximum atomic E-state index is 12.6. The van der Waals surface area contributed by atoms with Crippen LogP contribution < -0.4 is 0 Å². The summed E-state index contributed by atoms with van der Waals surface area (Å²) in [7, 11) is 1.13. The van der Waals surface area contributed by atoms with Crippen molar-refractivity contribution in [1.29, 1.82) is 0 Å². The number of halogens is 3. The molecular weight excluding hydrogens is 277 g/mol. The van der Waals surface area contributed by atoms with Crippen LogP contribution in [-0.4, -0.2) is 29.9 Å². The van der Waals surface area contributed by atoms with E-state index < -0.39 is 21.3 Å². The van der Waals surface area contributed by atoms with Crippen LogP contribution in [0.1, 0.15) is 18.1 Å². The molecular formula is C12H16F3O3Si. The first-order chi connectivity index (χ1) is 8.86. The minimum Gasteiger partial charge on any atom is -0.375 e. The molecule has 1 rings (SSSR count). The molecule has 7 heteroatoms. The monoisotopic (exact) mass is 293 g/mol. The van der Waals surface area contributed by atoms with Crippen LogP contribution in [0.4, 0.5) is 13.2 Å². The van der Waals surface area contributed by atoms with Crippen molar-refractivity contribution in [3.05, 3.63) is 35.4 Å². The molecule has 3 nitrogen and oxygen atoms in total. The average molecular weight is 293 g/mol. The van der Waals surface area contributed by atoms with E-state index in [2.05, 4.69) is 0 Å². The zero-order chi connectivity index (χ0) is 14.5. The minimum absolute atomic E-state index is 0.280. The molecule has 1 aromatic carbocycles. The van der Waals surface area contributed by atoms with Crippen LogP contribution >= 0.6 is 0 Å². The number of hydrogen-bond donors (Lipinski definition) is 0. The number of rotatable bonds is 6. The second kappa shape index (κ2) is 7.04. The van der Waals surface area contributed by atoms with E-state index in [0.717, 1.165) is 12.1 Å². The normalized spacial score (nSPS) is 13.8. The third-order valence-corrected chi connectivity index (χ3v) is 3.67. The van der Waals surface area contributed by atoms with Crippen molar-refractivity contribution in [1.82, 2.24) is 0 Å². The Kier molecular flexibility index (Phi) is 5.99. The van der Waals surface area contributed by atoms with Crippen molar-refractivity contribution in [2.75, 3.05) is 14.2 Å². The molecule has 0 bridgehead atoms. The van der Waals surface area contributed by atoms with Crippen molar-refractivity contribution in [3.63, 3.8) is 0 Å². The number of benzene rings is 1. The second-order valence-electron chi connectivity index (χ2n) is 3.99. The third kappa shape index (κ3) is 5.31. The third-order valence-electron chi connectivity index (χ3n) is 2.41. The Balaban J connectivity index is 2.67. The second-order valence-corrected chi connectivity index (χ2v) is 5.54. The van der Waals surface area contributed by atoms with E-state index in [1.165, 1.54) is 20.3 Å². The maximum absolute atomic E-state index is 12.6. The van der Waals surface area contributed by atoms with Crippen molar-refractivity contribution in [2.45, 2.75) is 25.6 Å². The van der Waals surface area contributed by atoms with E-state index in [4.69, 9.17) is 13.3 Å².